The predicted molar refractivity (Wildman–Crippen MR) is 91.4 cm³/mol. The molecule has 0 aliphatic heterocycles. The Balaban J connectivity index is 2.45. The van der Waals surface area contributed by atoms with Crippen molar-refractivity contribution in [3.8, 4) is 11.5 Å². The number of ether oxygens (including phenoxy) is 2. The first-order chi connectivity index (χ1) is 11.1. The van der Waals surface area contributed by atoms with Crippen molar-refractivity contribution in [2.45, 2.75) is 6.42 Å². The van der Waals surface area contributed by atoms with Crippen LogP contribution in [-0.2, 0) is 6.42 Å². The van der Waals surface area contributed by atoms with Gasteiger partial charge in [0.25, 0.3) is 0 Å². The maximum absolute atomic E-state index is 12.4. The second kappa shape index (κ2) is 7.74. The Morgan fingerprint density at radius 1 is 1.30 bits per heavy atom. The summed E-state index contributed by atoms with van der Waals surface area (Å²) >= 11 is 3.32. The minimum absolute atomic E-state index is 0.291. The highest BCUT2D eigenvalue weighted by Crippen LogP contribution is 2.34. The van der Waals surface area contributed by atoms with E-state index in [0.29, 0.717) is 45.4 Å². The van der Waals surface area contributed by atoms with Gasteiger partial charge >= 0.3 is 5.97 Å². The highest BCUT2D eigenvalue weighted by molar-refractivity contribution is 9.10. The fourth-order valence-corrected chi connectivity index (χ4v) is 2.55. The van der Waals surface area contributed by atoms with Crippen molar-refractivity contribution in [1.29, 1.82) is 0 Å². The van der Waals surface area contributed by atoms with E-state index in [1.807, 2.05) is 6.07 Å². The molecule has 23 heavy (non-hydrogen) atoms. The maximum atomic E-state index is 12.4. The molecule has 0 fully saturated rings. The molecule has 2 aromatic rings. The highest BCUT2D eigenvalue weighted by atomic mass is 79.9. The van der Waals surface area contributed by atoms with Crippen molar-refractivity contribution < 1.29 is 19.1 Å². The third-order valence-corrected chi connectivity index (χ3v) is 3.85. The molecule has 0 amide bonds. The lowest BCUT2D eigenvalue weighted by Gasteiger charge is -2.14. The largest absolute Gasteiger partial charge is 0.493 e. The van der Waals surface area contributed by atoms with Crippen molar-refractivity contribution in [3.63, 3.8) is 0 Å². The molecule has 0 heterocycles. The highest BCUT2D eigenvalue weighted by Gasteiger charge is 2.18. The van der Waals surface area contributed by atoms with Gasteiger partial charge in [0.2, 0.25) is 0 Å². The Morgan fingerprint density at radius 2 is 2.04 bits per heavy atom. The number of esters is 1. The third-order valence-electron chi connectivity index (χ3n) is 3.16. The van der Waals surface area contributed by atoms with Gasteiger partial charge in [0.15, 0.2) is 11.5 Å². The van der Waals surface area contributed by atoms with E-state index in [2.05, 4.69) is 22.5 Å². The number of hydrogen-bond donors (Lipinski definition) is 0. The van der Waals surface area contributed by atoms with E-state index < -0.39 is 5.97 Å². The number of rotatable bonds is 6. The summed E-state index contributed by atoms with van der Waals surface area (Å²) in [6.07, 6.45) is 2.82. The molecule has 4 nitrogen and oxygen atoms in total. The number of hydrogen-bond acceptors (Lipinski definition) is 4. The zero-order chi connectivity index (χ0) is 16.8. The maximum Gasteiger partial charge on any atom is 0.344 e. The molecule has 0 saturated carbocycles. The number of carbonyl (C=O) groups is 2. The molecular weight excluding hydrogens is 360 g/mol. The van der Waals surface area contributed by atoms with E-state index in [1.54, 1.807) is 30.3 Å². The topological polar surface area (TPSA) is 52.6 Å². The van der Waals surface area contributed by atoms with E-state index in [1.165, 1.54) is 13.2 Å². The van der Waals surface area contributed by atoms with Gasteiger partial charge in [-0.3, -0.25) is 4.79 Å². The fourth-order valence-electron chi connectivity index (χ4n) is 2.10. The first-order valence-electron chi connectivity index (χ1n) is 6.84. The Morgan fingerprint density at radius 3 is 2.65 bits per heavy atom. The summed E-state index contributed by atoms with van der Waals surface area (Å²) in [6, 6.07) is 10.2. The predicted octanol–water partition coefficient (Wildman–Crippen LogP) is 4.22. The summed E-state index contributed by atoms with van der Waals surface area (Å²) in [6.45, 7) is 3.68. The summed E-state index contributed by atoms with van der Waals surface area (Å²) in [7, 11) is 1.46. The van der Waals surface area contributed by atoms with Gasteiger partial charge in [0.05, 0.1) is 12.7 Å². The lowest BCUT2D eigenvalue weighted by molar-refractivity contribution is 0.0727. The third kappa shape index (κ3) is 3.87. The monoisotopic (exact) mass is 374 g/mol. The van der Waals surface area contributed by atoms with Crippen LogP contribution in [0.25, 0.3) is 0 Å². The number of allylic oxidation sites excluding steroid dienone is 1. The van der Waals surface area contributed by atoms with Crippen LogP contribution in [0.3, 0.4) is 0 Å². The van der Waals surface area contributed by atoms with Crippen LogP contribution in [0.5, 0.6) is 11.5 Å². The standard InChI is InChI=1S/C18H15BrO4/c1-3-6-13-9-12(11-20)10-16(22-2)17(13)23-18(21)14-7-4-5-8-15(14)19/h3-5,7-11H,1,6H2,2H3. The van der Waals surface area contributed by atoms with Crippen molar-refractivity contribution in [1.82, 2.24) is 0 Å². The first kappa shape index (κ1) is 17.0. The molecule has 0 aliphatic carbocycles. The van der Waals surface area contributed by atoms with Crippen LogP contribution in [0.1, 0.15) is 26.3 Å². The second-order valence-electron chi connectivity index (χ2n) is 4.69. The van der Waals surface area contributed by atoms with Gasteiger partial charge in [-0.1, -0.05) is 18.2 Å². The SMILES string of the molecule is C=CCc1cc(C=O)cc(OC)c1OC(=O)c1ccccc1Br. The van der Waals surface area contributed by atoms with Crippen LogP contribution in [0, 0.1) is 0 Å². The van der Waals surface area contributed by atoms with Crippen LogP contribution >= 0.6 is 15.9 Å². The van der Waals surface area contributed by atoms with Gasteiger partial charge in [-0.05, 0) is 46.6 Å². The van der Waals surface area contributed by atoms with Gasteiger partial charge < -0.3 is 9.47 Å². The average molecular weight is 375 g/mol. The Hall–Kier alpha value is -2.40. The number of methoxy groups -OCH3 is 1. The normalized spacial score (nSPS) is 10.0. The fraction of sp³-hybridized carbons (Fsp3) is 0.111. The van der Waals surface area contributed by atoms with Crippen molar-refractivity contribution in [3.05, 3.63) is 70.2 Å². The molecule has 0 bridgehead atoms. The van der Waals surface area contributed by atoms with Gasteiger partial charge in [-0.25, -0.2) is 4.79 Å². The van der Waals surface area contributed by atoms with Gasteiger partial charge in [-0.2, -0.15) is 0 Å². The summed E-state index contributed by atoms with van der Waals surface area (Å²) < 4.78 is 11.4. The summed E-state index contributed by atoms with van der Waals surface area (Å²) in [4.78, 5) is 23.4. The average Bonchev–Trinajstić information content (AvgIpc) is 2.56. The van der Waals surface area contributed by atoms with Crippen LogP contribution in [0.4, 0.5) is 0 Å². The van der Waals surface area contributed by atoms with Gasteiger partial charge in [-0.15, -0.1) is 6.58 Å². The number of aldehydes is 1. The molecular formula is C18H15BrO4. The molecule has 118 valence electrons. The van der Waals surface area contributed by atoms with Crippen molar-refractivity contribution in [2.75, 3.05) is 7.11 Å². The van der Waals surface area contributed by atoms with Crippen LogP contribution < -0.4 is 9.47 Å². The van der Waals surface area contributed by atoms with Crippen LogP contribution in [0.15, 0.2) is 53.5 Å². The molecule has 0 aromatic heterocycles. The molecule has 2 rings (SSSR count). The number of carbonyl (C=O) groups excluding carboxylic acids is 2. The summed E-state index contributed by atoms with van der Waals surface area (Å²) in [5.74, 6) is 0.102. The molecule has 0 atom stereocenters. The molecule has 0 N–H and O–H groups in total. The van der Waals surface area contributed by atoms with Gasteiger partial charge in [0.1, 0.15) is 6.29 Å². The molecule has 5 heteroatoms. The van der Waals surface area contributed by atoms with Crippen LogP contribution in [-0.4, -0.2) is 19.4 Å². The first-order valence-corrected chi connectivity index (χ1v) is 7.63. The van der Waals surface area contributed by atoms with Crippen LogP contribution in [0.2, 0.25) is 0 Å². The smallest absolute Gasteiger partial charge is 0.344 e. The molecule has 0 radical (unpaired) electrons. The zero-order valence-corrected chi connectivity index (χ0v) is 14.1. The number of benzene rings is 2. The molecule has 0 saturated heterocycles. The zero-order valence-electron chi connectivity index (χ0n) is 12.5. The molecule has 2 aromatic carbocycles. The van der Waals surface area contributed by atoms with E-state index in [9.17, 15) is 9.59 Å². The minimum atomic E-state index is -0.514. The quantitative estimate of drug-likeness (QED) is 0.328. The lowest BCUT2D eigenvalue weighted by Crippen LogP contribution is -2.11. The lowest BCUT2D eigenvalue weighted by atomic mass is 10.1. The van der Waals surface area contributed by atoms with E-state index in [0.717, 1.165) is 0 Å². The molecule has 0 unspecified atom stereocenters. The minimum Gasteiger partial charge on any atom is -0.493 e. The Kier molecular flexibility index (Phi) is 5.71. The molecule has 0 aliphatic rings. The van der Waals surface area contributed by atoms with Crippen molar-refractivity contribution >= 4 is 28.2 Å². The Labute approximate surface area is 142 Å². The molecule has 0 spiro atoms. The summed E-state index contributed by atoms with van der Waals surface area (Å²) in [5, 5.41) is 0. The van der Waals surface area contributed by atoms with Gasteiger partial charge in [0, 0.05) is 15.6 Å². The Bertz CT molecular complexity index is 753. The second-order valence-corrected chi connectivity index (χ2v) is 5.55. The van der Waals surface area contributed by atoms with Crippen molar-refractivity contribution in [2.24, 2.45) is 0 Å². The number of halogens is 1. The van der Waals surface area contributed by atoms with E-state index in [4.69, 9.17) is 9.47 Å². The van der Waals surface area contributed by atoms with E-state index in [-0.39, 0.29) is 0 Å². The van der Waals surface area contributed by atoms with E-state index >= 15 is 0 Å². The summed E-state index contributed by atoms with van der Waals surface area (Å²) in [5.41, 5.74) is 1.50.